The smallest absolute Gasteiger partial charge is 0.341 e. The predicted molar refractivity (Wildman–Crippen MR) is 130 cm³/mol. The molecule has 1 N–H and O–H groups in total. The van der Waals surface area contributed by atoms with Crippen molar-refractivity contribution in [1.82, 2.24) is 0 Å². The number of thiophene rings is 1. The zero-order chi connectivity index (χ0) is 23.3. The fourth-order valence-electron chi connectivity index (χ4n) is 3.25. The number of aryl methyl sites for hydroxylation is 1. The third-order valence-corrected chi connectivity index (χ3v) is 5.98. The van der Waals surface area contributed by atoms with Gasteiger partial charge in [-0.3, -0.25) is 4.79 Å². The standard InChI is InChI=1S/C25H26ClNO4S/c1-5-30-25(29)23-20(17-7-9-18(26)10-8-17)14-32-24(23)27-22(28)13-31-21-12-16(4)6-11-19(21)15(2)3/h6-12,14-15H,5,13H2,1-4H3,(H,27,28). The molecule has 0 aliphatic carbocycles. The fraction of sp³-hybridized carbons (Fsp3) is 0.280. The largest absolute Gasteiger partial charge is 0.483 e. The first-order valence-electron chi connectivity index (χ1n) is 10.4. The molecule has 1 amide bonds. The number of carbonyl (C=O) groups is 2. The molecule has 1 heterocycles. The number of amides is 1. The second kappa shape index (κ2) is 10.7. The molecule has 0 spiro atoms. The molecule has 0 radical (unpaired) electrons. The van der Waals surface area contributed by atoms with Crippen molar-refractivity contribution in [2.75, 3.05) is 18.5 Å². The fourth-order valence-corrected chi connectivity index (χ4v) is 4.35. The van der Waals surface area contributed by atoms with E-state index in [1.807, 2.05) is 42.6 Å². The number of esters is 1. The van der Waals surface area contributed by atoms with E-state index in [4.69, 9.17) is 21.1 Å². The number of anilines is 1. The van der Waals surface area contributed by atoms with Gasteiger partial charge in [0.05, 0.1) is 6.61 Å². The first kappa shape index (κ1) is 23.8. The third kappa shape index (κ3) is 5.69. The van der Waals surface area contributed by atoms with Crippen molar-refractivity contribution in [3.05, 3.63) is 69.6 Å². The van der Waals surface area contributed by atoms with Crippen LogP contribution >= 0.6 is 22.9 Å². The molecule has 0 fully saturated rings. The second-order valence-corrected chi connectivity index (χ2v) is 8.93. The highest BCUT2D eigenvalue weighted by Crippen LogP contribution is 2.36. The quantitative estimate of drug-likeness (QED) is 0.371. The average Bonchev–Trinajstić information content (AvgIpc) is 3.16. The van der Waals surface area contributed by atoms with Crippen molar-refractivity contribution in [1.29, 1.82) is 0 Å². The van der Waals surface area contributed by atoms with Crippen LogP contribution in [-0.2, 0) is 9.53 Å². The monoisotopic (exact) mass is 471 g/mol. The summed E-state index contributed by atoms with van der Waals surface area (Å²) >= 11 is 7.26. The topological polar surface area (TPSA) is 64.6 Å². The molecule has 0 bridgehead atoms. The van der Waals surface area contributed by atoms with Gasteiger partial charge >= 0.3 is 5.97 Å². The van der Waals surface area contributed by atoms with Crippen LogP contribution in [0.15, 0.2) is 47.8 Å². The molecule has 3 aromatic rings. The molecule has 0 atom stereocenters. The van der Waals surface area contributed by atoms with E-state index in [0.29, 0.717) is 26.9 Å². The lowest BCUT2D eigenvalue weighted by Crippen LogP contribution is -2.21. The van der Waals surface area contributed by atoms with Gasteiger partial charge in [-0.2, -0.15) is 0 Å². The molecule has 0 saturated carbocycles. The predicted octanol–water partition coefficient (Wildman–Crippen LogP) is 6.69. The second-order valence-electron chi connectivity index (χ2n) is 7.61. The van der Waals surface area contributed by atoms with Crippen LogP contribution in [0.25, 0.3) is 11.1 Å². The molecule has 0 saturated heterocycles. The summed E-state index contributed by atoms with van der Waals surface area (Å²) in [6.07, 6.45) is 0. The number of carbonyl (C=O) groups excluding carboxylic acids is 2. The van der Waals surface area contributed by atoms with E-state index < -0.39 is 5.97 Å². The molecule has 5 nitrogen and oxygen atoms in total. The van der Waals surface area contributed by atoms with Crippen LogP contribution in [0.2, 0.25) is 5.02 Å². The van der Waals surface area contributed by atoms with Crippen molar-refractivity contribution >= 4 is 39.8 Å². The maximum Gasteiger partial charge on any atom is 0.341 e. The highest BCUT2D eigenvalue weighted by molar-refractivity contribution is 7.15. The van der Waals surface area contributed by atoms with E-state index in [9.17, 15) is 9.59 Å². The normalized spacial score (nSPS) is 10.8. The number of halogens is 1. The van der Waals surface area contributed by atoms with Crippen molar-refractivity contribution in [3.63, 3.8) is 0 Å². The Labute approximate surface area is 197 Å². The van der Waals surface area contributed by atoms with Crippen molar-refractivity contribution in [2.24, 2.45) is 0 Å². The molecule has 0 unspecified atom stereocenters. The molecule has 0 aliphatic heterocycles. The van der Waals surface area contributed by atoms with E-state index in [2.05, 4.69) is 19.2 Å². The van der Waals surface area contributed by atoms with Crippen LogP contribution in [0, 0.1) is 6.92 Å². The SMILES string of the molecule is CCOC(=O)c1c(-c2ccc(Cl)cc2)csc1NC(=O)COc1cc(C)ccc1C(C)C. The minimum atomic E-state index is -0.490. The van der Waals surface area contributed by atoms with E-state index in [1.54, 1.807) is 19.1 Å². The Morgan fingerprint density at radius 2 is 1.84 bits per heavy atom. The van der Waals surface area contributed by atoms with Gasteiger partial charge in [0.1, 0.15) is 16.3 Å². The summed E-state index contributed by atoms with van der Waals surface area (Å²) in [7, 11) is 0. The van der Waals surface area contributed by atoms with Crippen LogP contribution in [0.5, 0.6) is 5.75 Å². The molecule has 0 aliphatic rings. The van der Waals surface area contributed by atoms with Gasteiger partial charge in [-0.15, -0.1) is 11.3 Å². The molecular formula is C25H26ClNO4S. The molecule has 32 heavy (non-hydrogen) atoms. The lowest BCUT2D eigenvalue weighted by Gasteiger charge is -2.15. The van der Waals surface area contributed by atoms with Crippen molar-refractivity contribution in [3.8, 4) is 16.9 Å². The van der Waals surface area contributed by atoms with Crippen LogP contribution in [0.1, 0.15) is 48.2 Å². The summed E-state index contributed by atoms with van der Waals surface area (Å²) in [6, 6.07) is 13.1. The first-order valence-corrected chi connectivity index (χ1v) is 11.6. The number of rotatable bonds is 8. The Balaban J connectivity index is 1.81. The number of benzene rings is 2. The Hall–Kier alpha value is -2.83. The highest BCUT2D eigenvalue weighted by atomic mass is 35.5. The van der Waals surface area contributed by atoms with Gasteiger partial charge in [-0.05, 0) is 54.7 Å². The molecule has 2 aromatic carbocycles. The van der Waals surface area contributed by atoms with Gasteiger partial charge in [0.25, 0.3) is 5.91 Å². The van der Waals surface area contributed by atoms with Crippen LogP contribution in [0.3, 0.4) is 0 Å². The Morgan fingerprint density at radius 3 is 2.50 bits per heavy atom. The summed E-state index contributed by atoms with van der Waals surface area (Å²) in [5.74, 6) is 0.115. The van der Waals surface area contributed by atoms with Crippen LogP contribution in [0.4, 0.5) is 5.00 Å². The minimum Gasteiger partial charge on any atom is -0.483 e. The zero-order valence-corrected chi connectivity index (χ0v) is 20.1. The molecule has 3 rings (SSSR count). The zero-order valence-electron chi connectivity index (χ0n) is 18.5. The summed E-state index contributed by atoms with van der Waals surface area (Å²) in [6.45, 7) is 7.94. The van der Waals surface area contributed by atoms with E-state index >= 15 is 0 Å². The maximum absolute atomic E-state index is 12.7. The maximum atomic E-state index is 12.7. The third-order valence-electron chi connectivity index (χ3n) is 4.83. The molecule has 168 valence electrons. The summed E-state index contributed by atoms with van der Waals surface area (Å²) in [4.78, 5) is 25.4. The Kier molecular flexibility index (Phi) is 7.94. The van der Waals surface area contributed by atoms with Crippen molar-refractivity contribution in [2.45, 2.75) is 33.6 Å². The van der Waals surface area contributed by atoms with E-state index in [0.717, 1.165) is 16.7 Å². The Morgan fingerprint density at radius 1 is 1.12 bits per heavy atom. The summed E-state index contributed by atoms with van der Waals surface area (Å²) in [5.41, 5.74) is 3.91. The van der Waals surface area contributed by atoms with Gasteiger partial charge in [0, 0.05) is 16.0 Å². The molecule has 7 heteroatoms. The van der Waals surface area contributed by atoms with E-state index in [-0.39, 0.29) is 25.0 Å². The molecule has 1 aromatic heterocycles. The van der Waals surface area contributed by atoms with Gasteiger partial charge in [0.15, 0.2) is 6.61 Å². The summed E-state index contributed by atoms with van der Waals surface area (Å²) in [5, 5.41) is 5.66. The Bertz CT molecular complexity index is 1110. The van der Waals surface area contributed by atoms with E-state index in [1.165, 1.54) is 11.3 Å². The average molecular weight is 472 g/mol. The number of hydrogen-bond donors (Lipinski definition) is 1. The first-order chi connectivity index (χ1) is 15.3. The van der Waals surface area contributed by atoms with Gasteiger partial charge in [0.2, 0.25) is 0 Å². The lowest BCUT2D eigenvalue weighted by atomic mass is 10.0. The highest BCUT2D eigenvalue weighted by Gasteiger charge is 2.23. The summed E-state index contributed by atoms with van der Waals surface area (Å²) < 4.78 is 11.1. The number of nitrogens with one attached hydrogen (secondary N) is 1. The van der Waals surface area contributed by atoms with Crippen LogP contribution < -0.4 is 10.1 Å². The number of ether oxygens (including phenoxy) is 2. The van der Waals surface area contributed by atoms with Crippen LogP contribution in [-0.4, -0.2) is 25.1 Å². The number of hydrogen-bond acceptors (Lipinski definition) is 5. The van der Waals surface area contributed by atoms with Gasteiger partial charge < -0.3 is 14.8 Å². The minimum absolute atomic E-state index is 0.167. The lowest BCUT2D eigenvalue weighted by molar-refractivity contribution is -0.118. The van der Waals surface area contributed by atoms with Gasteiger partial charge in [-0.1, -0.05) is 49.7 Å². The van der Waals surface area contributed by atoms with Gasteiger partial charge in [-0.25, -0.2) is 4.79 Å². The molecular weight excluding hydrogens is 446 g/mol. The van der Waals surface area contributed by atoms with Crippen molar-refractivity contribution < 1.29 is 19.1 Å².